The monoisotopic (exact) mass is 312 g/mol. The van der Waals surface area contributed by atoms with Crippen LogP contribution in [0, 0.1) is 0 Å². The summed E-state index contributed by atoms with van der Waals surface area (Å²) < 4.78 is 0. The molecule has 0 bridgehead atoms. The predicted molar refractivity (Wildman–Crippen MR) is 87.9 cm³/mol. The van der Waals surface area contributed by atoms with Crippen molar-refractivity contribution in [2.24, 2.45) is 0 Å². The quantitative estimate of drug-likeness (QED) is 0.739. The first kappa shape index (κ1) is 12.6. The van der Waals surface area contributed by atoms with Crippen LogP contribution < -0.4 is 10.6 Å². The molecular formula is C16H12N2OS2. The number of nitrogens with one attached hydrogen (secondary N) is 2. The lowest BCUT2D eigenvalue weighted by Crippen LogP contribution is -2.37. The third-order valence-electron chi connectivity index (χ3n) is 3.48. The third kappa shape index (κ3) is 2.14. The lowest BCUT2D eigenvalue weighted by Gasteiger charge is -2.25. The maximum atomic E-state index is 12.5. The Kier molecular flexibility index (Phi) is 3.02. The highest BCUT2D eigenvalue weighted by Gasteiger charge is 2.29. The molecule has 4 rings (SSSR count). The van der Waals surface area contributed by atoms with Crippen molar-refractivity contribution in [3.05, 3.63) is 63.7 Å². The Balaban J connectivity index is 1.74. The molecular weight excluding hydrogens is 300 g/mol. The predicted octanol–water partition coefficient (Wildman–Crippen LogP) is 4.33. The van der Waals surface area contributed by atoms with E-state index >= 15 is 0 Å². The number of rotatable bonds is 2. The van der Waals surface area contributed by atoms with E-state index in [0.717, 1.165) is 26.6 Å². The Morgan fingerprint density at radius 3 is 2.57 bits per heavy atom. The van der Waals surface area contributed by atoms with Crippen LogP contribution in [0.5, 0.6) is 0 Å². The van der Waals surface area contributed by atoms with Crippen molar-refractivity contribution >= 4 is 33.6 Å². The molecule has 3 nitrogen and oxygen atoms in total. The van der Waals surface area contributed by atoms with Gasteiger partial charge in [-0.1, -0.05) is 36.4 Å². The first-order valence-electron chi connectivity index (χ1n) is 6.60. The van der Waals surface area contributed by atoms with Gasteiger partial charge in [-0.05, 0) is 17.0 Å². The minimum atomic E-state index is -0.132. The maximum Gasteiger partial charge on any atom is 0.256 e. The maximum absolute atomic E-state index is 12.5. The zero-order valence-corrected chi connectivity index (χ0v) is 12.6. The summed E-state index contributed by atoms with van der Waals surface area (Å²) in [4.78, 5) is 13.6. The number of fused-ring (bicyclic) bond motifs is 1. The first-order valence-corrected chi connectivity index (χ1v) is 8.36. The van der Waals surface area contributed by atoms with Gasteiger partial charge in [-0.3, -0.25) is 4.79 Å². The summed E-state index contributed by atoms with van der Waals surface area (Å²) in [6.45, 7) is 0. The lowest BCUT2D eigenvalue weighted by atomic mass is 10.0. The van der Waals surface area contributed by atoms with Crippen LogP contribution in [0.3, 0.4) is 0 Å². The highest BCUT2D eigenvalue weighted by Crippen LogP contribution is 2.39. The number of hydrogen-bond acceptors (Lipinski definition) is 4. The molecule has 2 aromatic heterocycles. The van der Waals surface area contributed by atoms with Crippen molar-refractivity contribution in [2.75, 3.05) is 5.32 Å². The fourth-order valence-electron chi connectivity index (χ4n) is 2.49. The van der Waals surface area contributed by atoms with Gasteiger partial charge in [0.1, 0.15) is 11.2 Å². The molecule has 104 valence electrons. The van der Waals surface area contributed by atoms with Crippen LogP contribution in [-0.2, 0) is 0 Å². The van der Waals surface area contributed by atoms with Gasteiger partial charge in [-0.2, -0.15) is 0 Å². The van der Waals surface area contributed by atoms with Crippen LogP contribution in [0.1, 0.15) is 21.4 Å². The van der Waals surface area contributed by atoms with Gasteiger partial charge in [0, 0.05) is 15.8 Å². The molecule has 1 aliphatic rings. The van der Waals surface area contributed by atoms with Gasteiger partial charge in [0.15, 0.2) is 0 Å². The Hall–Kier alpha value is -2.11. The molecule has 0 spiro atoms. The molecule has 3 aromatic rings. The average molecular weight is 312 g/mol. The Bertz CT molecular complexity index is 778. The van der Waals surface area contributed by atoms with Crippen molar-refractivity contribution in [3.8, 4) is 11.1 Å². The summed E-state index contributed by atoms with van der Waals surface area (Å²) in [5.41, 5.74) is 2.81. The molecule has 0 saturated heterocycles. The van der Waals surface area contributed by atoms with E-state index in [-0.39, 0.29) is 12.1 Å². The Labute approximate surface area is 130 Å². The normalized spacial score (nSPS) is 17.0. The largest absolute Gasteiger partial charge is 0.352 e. The SMILES string of the molecule is O=C1N[C@H](c2cccs2)Nc2scc(-c3ccccc3)c21. The molecule has 1 amide bonds. The second-order valence-corrected chi connectivity index (χ2v) is 6.64. The number of anilines is 1. The number of benzene rings is 1. The summed E-state index contributed by atoms with van der Waals surface area (Å²) >= 11 is 3.22. The fourth-order valence-corrected chi connectivity index (χ4v) is 4.21. The zero-order chi connectivity index (χ0) is 14.2. The van der Waals surface area contributed by atoms with Gasteiger partial charge >= 0.3 is 0 Å². The molecule has 1 atom stereocenters. The molecule has 0 unspecified atom stereocenters. The minimum Gasteiger partial charge on any atom is -0.352 e. The topological polar surface area (TPSA) is 41.1 Å². The second-order valence-electron chi connectivity index (χ2n) is 4.79. The number of thiophene rings is 2. The number of carbonyl (C=O) groups is 1. The summed E-state index contributed by atoms with van der Waals surface area (Å²) in [7, 11) is 0. The zero-order valence-electron chi connectivity index (χ0n) is 11.0. The second kappa shape index (κ2) is 5.02. The van der Waals surface area contributed by atoms with Crippen LogP contribution in [0.4, 0.5) is 5.00 Å². The molecule has 2 N–H and O–H groups in total. The van der Waals surface area contributed by atoms with Crippen molar-refractivity contribution in [1.29, 1.82) is 0 Å². The van der Waals surface area contributed by atoms with E-state index in [1.165, 1.54) is 0 Å². The van der Waals surface area contributed by atoms with Crippen LogP contribution in [0.25, 0.3) is 11.1 Å². The molecule has 0 radical (unpaired) electrons. The van der Waals surface area contributed by atoms with Crippen LogP contribution in [0.2, 0.25) is 0 Å². The smallest absolute Gasteiger partial charge is 0.256 e. The Morgan fingerprint density at radius 2 is 1.81 bits per heavy atom. The van der Waals surface area contributed by atoms with E-state index in [0.29, 0.717) is 0 Å². The van der Waals surface area contributed by atoms with Crippen molar-refractivity contribution in [2.45, 2.75) is 6.17 Å². The van der Waals surface area contributed by atoms with E-state index in [9.17, 15) is 4.79 Å². The van der Waals surface area contributed by atoms with E-state index in [1.807, 2.05) is 53.2 Å². The minimum absolute atomic E-state index is 0.0118. The van der Waals surface area contributed by atoms with Gasteiger partial charge in [0.05, 0.1) is 5.56 Å². The fraction of sp³-hybridized carbons (Fsp3) is 0.0625. The summed E-state index contributed by atoms with van der Waals surface area (Å²) in [6.07, 6.45) is -0.132. The average Bonchev–Trinajstić information content (AvgIpc) is 3.17. The standard InChI is InChI=1S/C16H12N2OS2/c19-15-13-11(10-5-2-1-3-6-10)9-21-16(13)18-14(17-15)12-7-4-8-20-12/h1-9,14,18H,(H,17,19)/t14-/m0/s1. The van der Waals surface area contributed by atoms with Gasteiger partial charge in [-0.15, -0.1) is 22.7 Å². The van der Waals surface area contributed by atoms with Crippen LogP contribution >= 0.6 is 22.7 Å². The van der Waals surface area contributed by atoms with Crippen LogP contribution in [-0.4, -0.2) is 5.91 Å². The third-order valence-corrected chi connectivity index (χ3v) is 5.33. The molecule has 0 saturated carbocycles. The van der Waals surface area contributed by atoms with E-state index in [2.05, 4.69) is 10.6 Å². The highest BCUT2D eigenvalue weighted by atomic mass is 32.1. The van der Waals surface area contributed by atoms with E-state index in [1.54, 1.807) is 22.7 Å². The van der Waals surface area contributed by atoms with Gasteiger partial charge in [-0.25, -0.2) is 0 Å². The summed E-state index contributed by atoms with van der Waals surface area (Å²) in [5, 5.41) is 11.5. The lowest BCUT2D eigenvalue weighted by molar-refractivity contribution is 0.0938. The van der Waals surface area contributed by atoms with Gasteiger partial charge < -0.3 is 10.6 Å². The van der Waals surface area contributed by atoms with E-state index in [4.69, 9.17) is 0 Å². The molecule has 1 aliphatic heterocycles. The molecule has 0 aliphatic carbocycles. The van der Waals surface area contributed by atoms with Crippen molar-refractivity contribution in [1.82, 2.24) is 5.32 Å². The van der Waals surface area contributed by atoms with Crippen LogP contribution in [0.15, 0.2) is 53.2 Å². The molecule has 5 heteroatoms. The summed E-state index contributed by atoms with van der Waals surface area (Å²) in [5.74, 6) is -0.0118. The molecule has 1 aromatic carbocycles. The number of hydrogen-bond donors (Lipinski definition) is 2. The number of carbonyl (C=O) groups excluding carboxylic acids is 1. The summed E-state index contributed by atoms with van der Waals surface area (Å²) in [6, 6.07) is 14.0. The van der Waals surface area contributed by atoms with Gasteiger partial charge in [0.25, 0.3) is 5.91 Å². The van der Waals surface area contributed by atoms with Crippen molar-refractivity contribution in [3.63, 3.8) is 0 Å². The molecule has 21 heavy (non-hydrogen) atoms. The Morgan fingerprint density at radius 1 is 0.952 bits per heavy atom. The van der Waals surface area contributed by atoms with Gasteiger partial charge in [0.2, 0.25) is 0 Å². The molecule has 0 fully saturated rings. The first-order chi connectivity index (χ1) is 10.3. The highest BCUT2D eigenvalue weighted by molar-refractivity contribution is 7.15. The van der Waals surface area contributed by atoms with E-state index < -0.39 is 0 Å². The number of amides is 1. The van der Waals surface area contributed by atoms with Crippen molar-refractivity contribution < 1.29 is 4.79 Å². The molecule has 3 heterocycles.